The molecule has 1 aromatic carbocycles. The van der Waals surface area contributed by atoms with E-state index in [9.17, 15) is 14.7 Å². The van der Waals surface area contributed by atoms with Gasteiger partial charge in [-0.05, 0) is 43.9 Å². The highest BCUT2D eigenvalue weighted by Gasteiger charge is 2.47. The Morgan fingerprint density at radius 1 is 1.22 bits per heavy atom. The van der Waals surface area contributed by atoms with Crippen LogP contribution in [0, 0.1) is 5.41 Å². The number of rotatable bonds is 3. The van der Waals surface area contributed by atoms with Crippen molar-refractivity contribution in [1.82, 2.24) is 24.6 Å². The third-order valence-electron chi connectivity index (χ3n) is 5.94. The first-order valence-electron chi connectivity index (χ1n) is 9.15. The van der Waals surface area contributed by atoms with Crippen molar-refractivity contribution in [3.8, 4) is 5.69 Å². The molecule has 1 aromatic heterocycles. The Hall–Kier alpha value is -2.74. The Balaban J connectivity index is 1.48. The first-order chi connectivity index (χ1) is 13.0. The van der Waals surface area contributed by atoms with Crippen molar-refractivity contribution in [2.45, 2.75) is 25.3 Å². The highest BCUT2D eigenvalue weighted by molar-refractivity contribution is 5.97. The zero-order valence-electron chi connectivity index (χ0n) is 15.3. The van der Waals surface area contributed by atoms with Crippen LogP contribution in [0.1, 0.15) is 29.6 Å². The van der Waals surface area contributed by atoms with Gasteiger partial charge in [-0.1, -0.05) is 12.1 Å². The fraction of sp³-hybridized carbons (Fsp3) is 0.474. The summed E-state index contributed by atoms with van der Waals surface area (Å²) in [6.07, 6.45) is 5.35. The molecule has 4 rings (SSSR count). The maximum atomic E-state index is 13.1. The summed E-state index contributed by atoms with van der Waals surface area (Å²) in [5.74, 6) is -0.772. The van der Waals surface area contributed by atoms with Gasteiger partial charge in [-0.25, -0.2) is 9.67 Å². The number of piperidine rings is 1. The molecule has 0 radical (unpaired) electrons. The third kappa shape index (κ3) is 3.21. The molecule has 0 saturated carbocycles. The molecule has 2 aliphatic heterocycles. The summed E-state index contributed by atoms with van der Waals surface area (Å²) in [6.45, 7) is 2.07. The summed E-state index contributed by atoms with van der Waals surface area (Å²) in [4.78, 5) is 32.3. The number of likely N-dealkylation sites (tertiary alicyclic amines) is 2. The lowest BCUT2D eigenvalue weighted by atomic mass is 9.76. The topological polar surface area (TPSA) is 91.6 Å². The van der Waals surface area contributed by atoms with Gasteiger partial charge in [-0.2, -0.15) is 5.10 Å². The molecule has 8 heteroatoms. The van der Waals surface area contributed by atoms with Crippen LogP contribution in [0.15, 0.2) is 36.9 Å². The number of carbonyl (C=O) groups excluding carboxylic acids is 1. The molecule has 3 heterocycles. The highest BCUT2D eigenvalue weighted by atomic mass is 16.4. The molecule has 2 aliphatic rings. The van der Waals surface area contributed by atoms with Gasteiger partial charge in [0.15, 0.2) is 0 Å². The van der Waals surface area contributed by atoms with E-state index >= 15 is 0 Å². The number of hydrogen-bond acceptors (Lipinski definition) is 5. The molecule has 142 valence electrons. The number of hydrogen-bond donors (Lipinski definition) is 1. The average Bonchev–Trinajstić information content (AvgIpc) is 3.30. The van der Waals surface area contributed by atoms with Crippen molar-refractivity contribution in [2.24, 2.45) is 5.41 Å². The van der Waals surface area contributed by atoms with Gasteiger partial charge in [0.25, 0.3) is 5.91 Å². The van der Waals surface area contributed by atoms with Crippen LogP contribution in [0.2, 0.25) is 0 Å². The van der Waals surface area contributed by atoms with Crippen molar-refractivity contribution in [2.75, 3.05) is 26.7 Å². The van der Waals surface area contributed by atoms with Gasteiger partial charge < -0.3 is 10.0 Å². The summed E-state index contributed by atoms with van der Waals surface area (Å²) in [5.41, 5.74) is 1.32. The van der Waals surface area contributed by atoms with E-state index < -0.39 is 12.0 Å². The second-order valence-electron chi connectivity index (χ2n) is 7.62. The molecule has 0 bridgehead atoms. The number of likely N-dealkylation sites (N-methyl/N-ethyl adjacent to an activating group) is 1. The normalized spacial score (nSPS) is 22.3. The highest BCUT2D eigenvalue weighted by Crippen LogP contribution is 2.43. The Morgan fingerprint density at radius 2 is 1.96 bits per heavy atom. The number of aromatic nitrogens is 3. The Kier molecular flexibility index (Phi) is 4.43. The zero-order valence-corrected chi connectivity index (χ0v) is 15.3. The van der Waals surface area contributed by atoms with E-state index in [0.29, 0.717) is 30.8 Å². The Bertz CT molecular complexity index is 843. The van der Waals surface area contributed by atoms with Crippen LogP contribution in [-0.4, -0.2) is 74.3 Å². The number of nitrogens with zero attached hydrogens (tertiary/aromatic N) is 5. The molecule has 1 atom stereocenters. The van der Waals surface area contributed by atoms with Gasteiger partial charge in [-0.15, -0.1) is 0 Å². The summed E-state index contributed by atoms with van der Waals surface area (Å²) in [6, 6.07) is 6.98. The smallest absolute Gasteiger partial charge is 0.320 e. The molecular formula is C19H23N5O3. The predicted molar refractivity (Wildman–Crippen MR) is 97.6 cm³/mol. The van der Waals surface area contributed by atoms with E-state index in [0.717, 1.165) is 19.4 Å². The molecule has 0 aliphatic carbocycles. The number of para-hydroxylation sites is 1. The largest absolute Gasteiger partial charge is 0.480 e. The van der Waals surface area contributed by atoms with E-state index in [2.05, 4.69) is 10.1 Å². The minimum atomic E-state index is -0.755. The van der Waals surface area contributed by atoms with E-state index in [1.165, 1.54) is 6.33 Å². The fourth-order valence-corrected chi connectivity index (χ4v) is 4.45. The second kappa shape index (κ2) is 6.77. The average molecular weight is 369 g/mol. The van der Waals surface area contributed by atoms with Gasteiger partial charge in [0.2, 0.25) is 0 Å². The van der Waals surface area contributed by atoms with Crippen LogP contribution in [-0.2, 0) is 4.79 Å². The van der Waals surface area contributed by atoms with Crippen LogP contribution in [0.5, 0.6) is 0 Å². The number of benzene rings is 1. The summed E-state index contributed by atoms with van der Waals surface area (Å²) in [7, 11) is 1.87. The molecule has 1 N–H and O–H groups in total. The van der Waals surface area contributed by atoms with Crippen molar-refractivity contribution < 1.29 is 14.7 Å². The van der Waals surface area contributed by atoms with Gasteiger partial charge in [0, 0.05) is 19.6 Å². The van der Waals surface area contributed by atoms with Gasteiger partial charge in [0.05, 0.1) is 11.3 Å². The summed E-state index contributed by atoms with van der Waals surface area (Å²) >= 11 is 0. The lowest BCUT2D eigenvalue weighted by Crippen LogP contribution is -2.44. The maximum absolute atomic E-state index is 13.1. The lowest BCUT2D eigenvalue weighted by Gasteiger charge is -2.39. The van der Waals surface area contributed by atoms with E-state index in [-0.39, 0.29) is 11.3 Å². The minimum absolute atomic E-state index is 0.00000799. The molecule has 2 fully saturated rings. The first kappa shape index (κ1) is 17.7. The molecule has 2 aromatic rings. The van der Waals surface area contributed by atoms with Crippen LogP contribution in [0.4, 0.5) is 0 Å². The third-order valence-corrected chi connectivity index (χ3v) is 5.94. The first-order valence-corrected chi connectivity index (χ1v) is 9.15. The van der Waals surface area contributed by atoms with E-state index in [1.807, 2.05) is 41.1 Å². The summed E-state index contributed by atoms with van der Waals surface area (Å²) < 4.78 is 1.60. The van der Waals surface area contributed by atoms with E-state index in [1.54, 1.807) is 11.0 Å². The second-order valence-corrected chi connectivity index (χ2v) is 7.62. The molecule has 2 saturated heterocycles. The van der Waals surface area contributed by atoms with Crippen molar-refractivity contribution in [3.63, 3.8) is 0 Å². The Morgan fingerprint density at radius 3 is 2.59 bits per heavy atom. The zero-order chi connectivity index (χ0) is 19.0. The SMILES string of the molecule is CN1CC2(CCN(C(=O)c3ccccc3-n3cncn3)CC2)CC1C(=O)O. The lowest BCUT2D eigenvalue weighted by molar-refractivity contribution is -0.141. The van der Waals surface area contributed by atoms with Crippen molar-refractivity contribution in [3.05, 3.63) is 42.5 Å². The molecule has 27 heavy (non-hydrogen) atoms. The number of carboxylic acid groups (broad SMARTS) is 1. The van der Waals surface area contributed by atoms with Crippen LogP contribution >= 0.6 is 0 Å². The van der Waals surface area contributed by atoms with Crippen molar-refractivity contribution >= 4 is 11.9 Å². The maximum Gasteiger partial charge on any atom is 0.320 e. The van der Waals surface area contributed by atoms with Gasteiger partial charge in [0.1, 0.15) is 18.7 Å². The molecule has 1 unspecified atom stereocenters. The van der Waals surface area contributed by atoms with Crippen LogP contribution in [0.3, 0.4) is 0 Å². The van der Waals surface area contributed by atoms with Gasteiger partial charge in [-0.3, -0.25) is 14.5 Å². The monoisotopic (exact) mass is 369 g/mol. The van der Waals surface area contributed by atoms with Crippen molar-refractivity contribution in [1.29, 1.82) is 0 Å². The summed E-state index contributed by atoms with van der Waals surface area (Å²) in [5, 5.41) is 13.5. The molecule has 8 nitrogen and oxygen atoms in total. The number of amides is 1. The number of aliphatic carboxylic acids is 1. The minimum Gasteiger partial charge on any atom is -0.480 e. The quantitative estimate of drug-likeness (QED) is 0.876. The van der Waals surface area contributed by atoms with Gasteiger partial charge >= 0.3 is 5.97 Å². The van der Waals surface area contributed by atoms with Crippen LogP contribution in [0.25, 0.3) is 5.69 Å². The van der Waals surface area contributed by atoms with E-state index in [4.69, 9.17) is 0 Å². The standard InChI is InChI=1S/C19H23N5O3/c1-22-11-19(10-16(22)18(26)27)6-8-23(9-7-19)17(25)14-4-2-3-5-15(14)24-13-20-12-21-24/h2-5,12-13,16H,6-11H2,1H3,(H,26,27). The Labute approximate surface area is 157 Å². The molecule has 1 amide bonds. The van der Waals surface area contributed by atoms with Crippen LogP contribution < -0.4 is 0 Å². The predicted octanol–water partition coefficient (Wildman–Crippen LogP) is 1.28. The number of carboxylic acids is 1. The molecule has 1 spiro atoms. The number of carbonyl (C=O) groups is 2. The fourth-order valence-electron chi connectivity index (χ4n) is 4.45. The molecular weight excluding hydrogens is 346 g/mol.